The van der Waals surface area contributed by atoms with E-state index in [4.69, 9.17) is 16.3 Å². The predicted molar refractivity (Wildman–Crippen MR) is 127 cm³/mol. The number of nitrogens with zero attached hydrogens (tertiary/aromatic N) is 4. The molecule has 1 amide bonds. The predicted octanol–water partition coefficient (Wildman–Crippen LogP) is 3.05. The molecule has 0 atom stereocenters. The smallest absolute Gasteiger partial charge is 0.264 e. The molecule has 0 aliphatic heterocycles. The van der Waals surface area contributed by atoms with E-state index in [0.29, 0.717) is 42.3 Å². The largest absolute Gasteiger partial charge is 0.494 e. The summed E-state index contributed by atoms with van der Waals surface area (Å²) in [6.07, 6.45) is 3.31. The summed E-state index contributed by atoms with van der Waals surface area (Å²) in [7, 11) is 0. The number of aromatic nitrogens is 4. The lowest BCUT2D eigenvalue weighted by Crippen LogP contribution is -2.29. The molecular formula is C24H24ClN5O3. The van der Waals surface area contributed by atoms with E-state index in [0.717, 1.165) is 16.9 Å². The summed E-state index contributed by atoms with van der Waals surface area (Å²) in [4.78, 5) is 29.5. The van der Waals surface area contributed by atoms with Gasteiger partial charge in [0.05, 0.1) is 32.3 Å². The van der Waals surface area contributed by atoms with Crippen LogP contribution in [0.3, 0.4) is 0 Å². The second-order valence-corrected chi connectivity index (χ2v) is 7.95. The van der Waals surface area contributed by atoms with Gasteiger partial charge in [-0.1, -0.05) is 35.9 Å². The van der Waals surface area contributed by atoms with Crippen LogP contribution in [0, 0.1) is 0 Å². The van der Waals surface area contributed by atoms with Gasteiger partial charge in [-0.25, -0.2) is 9.67 Å². The minimum absolute atomic E-state index is 0.0890. The molecule has 1 N–H and O–H groups in total. The summed E-state index contributed by atoms with van der Waals surface area (Å²) in [5.74, 6) is 0.695. The first-order valence-electron chi connectivity index (χ1n) is 10.7. The molecule has 33 heavy (non-hydrogen) atoms. The van der Waals surface area contributed by atoms with Crippen LogP contribution < -0.4 is 15.6 Å². The molecule has 0 saturated heterocycles. The third kappa shape index (κ3) is 5.59. The van der Waals surface area contributed by atoms with Gasteiger partial charge < -0.3 is 10.1 Å². The van der Waals surface area contributed by atoms with Crippen molar-refractivity contribution < 1.29 is 9.53 Å². The molecule has 0 spiro atoms. The van der Waals surface area contributed by atoms with Crippen LogP contribution in [0.15, 0.2) is 65.8 Å². The van der Waals surface area contributed by atoms with E-state index >= 15 is 0 Å². The fourth-order valence-corrected chi connectivity index (χ4v) is 3.61. The highest BCUT2D eigenvalue weighted by atomic mass is 35.5. The van der Waals surface area contributed by atoms with E-state index in [1.54, 1.807) is 16.8 Å². The van der Waals surface area contributed by atoms with Crippen LogP contribution in [0.1, 0.15) is 18.1 Å². The quantitative estimate of drug-likeness (QED) is 0.410. The summed E-state index contributed by atoms with van der Waals surface area (Å²) >= 11 is 5.92. The summed E-state index contributed by atoms with van der Waals surface area (Å²) in [6, 6.07) is 14.8. The first kappa shape index (κ1) is 22.5. The maximum absolute atomic E-state index is 12.8. The highest BCUT2D eigenvalue weighted by Crippen LogP contribution is 2.13. The third-order valence-electron chi connectivity index (χ3n) is 5.13. The Kier molecular flexibility index (Phi) is 7.04. The van der Waals surface area contributed by atoms with E-state index in [-0.39, 0.29) is 17.9 Å². The molecule has 0 saturated carbocycles. The van der Waals surface area contributed by atoms with Crippen molar-refractivity contribution in [1.29, 1.82) is 0 Å². The minimum atomic E-state index is -0.166. The standard InChI is InChI=1S/C24H24ClN5O3/c1-2-33-20-9-5-17(6-10-20)13-22(31)26-11-12-30-23-21(14-28-30)24(32)29(16-27-23)15-18-3-7-19(25)8-4-18/h3-10,14,16H,2,11-13,15H2,1H3,(H,26,31). The van der Waals surface area contributed by atoms with Crippen molar-refractivity contribution in [3.8, 4) is 5.75 Å². The first-order chi connectivity index (χ1) is 16.0. The van der Waals surface area contributed by atoms with Crippen molar-refractivity contribution >= 4 is 28.5 Å². The van der Waals surface area contributed by atoms with Crippen LogP contribution in [-0.2, 0) is 24.3 Å². The summed E-state index contributed by atoms with van der Waals surface area (Å²) in [6.45, 7) is 3.71. The average Bonchev–Trinajstić information content (AvgIpc) is 3.22. The van der Waals surface area contributed by atoms with Gasteiger partial charge in [0.2, 0.25) is 5.91 Å². The van der Waals surface area contributed by atoms with Crippen LogP contribution in [-0.4, -0.2) is 38.4 Å². The number of amides is 1. The van der Waals surface area contributed by atoms with Crippen LogP contribution >= 0.6 is 11.6 Å². The number of fused-ring (bicyclic) bond motifs is 1. The Morgan fingerprint density at radius 1 is 1.09 bits per heavy atom. The van der Waals surface area contributed by atoms with E-state index in [2.05, 4.69) is 15.4 Å². The molecule has 0 unspecified atom stereocenters. The number of rotatable bonds is 9. The fourth-order valence-electron chi connectivity index (χ4n) is 3.48. The van der Waals surface area contributed by atoms with Gasteiger partial charge in [0.15, 0.2) is 5.65 Å². The SMILES string of the molecule is CCOc1ccc(CC(=O)NCCn2ncc3c(=O)n(Cc4ccc(Cl)cc4)cnc32)cc1. The number of halogens is 1. The molecular weight excluding hydrogens is 442 g/mol. The zero-order chi connectivity index (χ0) is 23.2. The number of hydrogen-bond donors (Lipinski definition) is 1. The Morgan fingerprint density at radius 3 is 2.55 bits per heavy atom. The third-order valence-corrected chi connectivity index (χ3v) is 5.39. The Bertz CT molecular complexity index is 1300. The maximum Gasteiger partial charge on any atom is 0.264 e. The van der Waals surface area contributed by atoms with E-state index in [1.807, 2.05) is 43.3 Å². The molecule has 0 radical (unpaired) electrons. The molecule has 0 fully saturated rings. The number of ether oxygens (including phenoxy) is 1. The summed E-state index contributed by atoms with van der Waals surface area (Å²) < 4.78 is 8.58. The lowest BCUT2D eigenvalue weighted by molar-refractivity contribution is -0.120. The van der Waals surface area contributed by atoms with Gasteiger partial charge in [-0.05, 0) is 42.3 Å². The van der Waals surface area contributed by atoms with Crippen molar-refractivity contribution in [1.82, 2.24) is 24.6 Å². The van der Waals surface area contributed by atoms with Crippen LogP contribution in [0.5, 0.6) is 5.75 Å². The number of carbonyl (C=O) groups is 1. The van der Waals surface area contributed by atoms with Gasteiger partial charge in [-0.2, -0.15) is 5.10 Å². The van der Waals surface area contributed by atoms with Gasteiger partial charge in [0.1, 0.15) is 17.5 Å². The number of carbonyl (C=O) groups excluding carboxylic acids is 1. The fraction of sp³-hybridized carbons (Fsp3) is 0.250. The molecule has 2 aromatic carbocycles. The lowest BCUT2D eigenvalue weighted by Gasteiger charge is -2.08. The molecule has 2 heterocycles. The normalized spacial score (nSPS) is 11.0. The van der Waals surface area contributed by atoms with Crippen molar-refractivity contribution in [3.05, 3.63) is 87.6 Å². The molecule has 2 aromatic heterocycles. The number of hydrogen-bond acceptors (Lipinski definition) is 5. The van der Waals surface area contributed by atoms with Crippen molar-refractivity contribution in [2.75, 3.05) is 13.2 Å². The summed E-state index contributed by atoms with van der Waals surface area (Å²) in [5, 5.41) is 8.25. The first-order valence-corrected chi connectivity index (χ1v) is 11.0. The van der Waals surface area contributed by atoms with Gasteiger partial charge in [0, 0.05) is 11.6 Å². The van der Waals surface area contributed by atoms with Gasteiger partial charge in [-0.15, -0.1) is 0 Å². The number of benzene rings is 2. The minimum Gasteiger partial charge on any atom is -0.494 e. The molecule has 0 bridgehead atoms. The van der Waals surface area contributed by atoms with Crippen LogP contribution in [0.25, 0.3) is 11.0 Å². The Morgan fingerprint density at radius 2 is 1.82 bits per heavy atom. The zero-order valence-electron chi connectivity index (χ0n) is 18.2. The van der Waals surface area contributed by atoms with Gasteiger partial charge >= 0.3 is 0 Å². The Hall–Kier alpha value is -3.65. The van der Waals surface area contributed by atoms with Crippen LogP contribution in [0.4, 0.5) is 0 Å². The van der Waals surface area contributed by atoms with Gasteiger partial charge in [0.25, 0.3) is 5.56 Å². The lowest BCUT2D eigenvalue weighted by atomic mass is 10.1. The molecule has 0 aliphatic carbocycles. The van der Waals surface area contributed by atoms with Crippen molar-refractivity contribution in [2.24, 2.45) is 0 Å². The summed E-state index contributed by atoms with van der Waals surface area (Å²) in [5.41, 5.74) is 2.18. The Labute approximate surface area is 195 Å². The maximum atomic E-state index is 12.8. The highest BCUT2D eigenvalue weighted by Gasteiger charge is 2.11. The zero-order valence-corrected chi connectivity index (χ0v) is 19.0. The van der Waals surface area contributed by atoms with Crippen LogP contribution in [0.2, 0.25) is 5.02 Å². The van der Waals surface area contributed by atoms with E-state index in [9.17, 15) is 9.59 Å². The van der Waals surface area contributed by atoms with Gasteiger partial charge in [-0.3, -0.25) is 14.2 Å². The Balaban J connectivity index is 1.35. The molecule has 170 valence electrons. The second kappa shape index (κ2) is 10.3. The molecule has 4 rings (SSSR count). The van der Waals surface area contributed by atoms with E-state index < -0.39 is 0 Å². The monoisotopic (exact) mass is 465 g/mol. The molecule has 9 heteroatoms. The topological polar surface area (TPSA) is 91.0 Å². The number of nitrogens with one attached hydrogen (secondary N) is 1. The van der Waals surface area contributed by atoms with Crippen molar-refractivity contribution in [2.45, 2.75) is 26.4 Å². The average molecular weight is 466 g/mol. The van der Waals surface area contributed by atoms with Crippen molar-refractivity contribution in [3.63, 3.8) is 0 Å². The second-order valence-electron chi connectivity index (χ2n) is 7.51. The molecule has 0 aliphatic rings. The highest BCUT2D eigenvalue weighted by molar-refractivity contribution is 6.30. The van der Waals surface area contributed by atoms with E-state index in [1.165, 1.54) is 17.1 Å². The molecule has 8 nitrogen and oxygen atoms in total. The molecule has 4 aromatic rings.